The molecule has 168 valence electrons. The fourth-order valence-corrected chi connectivity index (χ4v) is 3.96. The molecule has 0 unspecified atom stereocenters. The summed E-state index contributed by atoms with van der Waals surface area (Å²) >= 11 is 0. The third-order valence-corrected chi connectivity index (χ3v) is 5.85. The number of rotatable bonds is 8. The first-order chi connectivity index (χ1) is 15.8. The molecule has 0 bridgehead atoms. The van der Waals surface area contributed by atoms with Gasteiger partial charge in [0.1, 0.15) is 0 Å². The van der Waals surface area contributed by atoms with Crippen LogP contribution in [0.2, 0.25) is 0 Å². The Balaban J connectivity index is 1.68. The molecule has 0 fully saturated rings. The van der Waals surface area contributed by atoms with Crippen LogP contribution in [0.3, 0.4) is 0 Å². The van der Waals surface area contributed by atoms with Crippen molar-refractivity contribution in [1.82, 2.24) is 9.55 Å². The van der Waals surface area contributed by atoms with E-state index in [0.29, 0.717) is 17.7 Å². The second kappa shape index (κ2) is 9.38. The topological polar surface area (TPSA) is 81.4 Å². The molecule has 1 N–H and O–H groups in total. The van der Waals surface area contributed by atoms with Crippen molar-refractivity contribution in [3.05, 3.63) is 101 Å². The summed E-state index contributed by atoms with van der Waals surface area (Å²) < 4.78 is 7.52. The van der Waals surface area contributed by atoms with Gasteiger partial charge in [0.2, 0.25) is 0 Å². The van der Waals surface area contributed by atoms with Crippen molar-refractivity contribution in [2.75, 3.05) is 0 Å². The van der Waals surface area contributed by atoms with Crippen molar-refractivity contribution < 1.29 is 19.4 Å². The van der Waals surface area contributed by atoms with Crippen molar-refractivity contribution in [2.45, 2.75) is 40.0 Å². The summed E-state index contributed by atoms with van der Waals surface area (Å²) in [6.45, 7) is 6.24. The van der Waals surface area contributed by atoms with Crippen LogP contribution in [-0.4, -0.2) is 32.5 Å². The van der Waals surface area contributed by atoms with Crippen molar-refractivity contribution >= 4 is 22.7 Å². The van der Waals surface area contributed by atoms with E-state index in [0.717, 1.165) is 33.3 Å². The zero-order valence-corrected chi connectivity index (χ0v) is 18.9. The molecule has 2 aromatic carbocycles. The highest BCUT2D eigenvalue weighted by Crippen LogP contribution is 2.28. The number of hydrogen-bond donors (Lipinski definition) is 1. The van der Waals surface area contributed by atoms with Crippen molar-refractivity contribution in [2.24, 2.45) is 0 Å². The molecule has 6 nitrogen and oxygen atoms in total. The predicted octanol–water partition coefficient (Wildman–Crippen LogP) is 4.92. The molecule has 2 heterocycles. The summed E-state index contributed by atoms with van der Waals surface area (Å²) in [5, 5.41) is 9.90. The van der Waals surface area contributed by atoms with Crippen LogP contribution in [-0.2, 0) is 22.7 Å². The third-order valence-electron chi connectivity index (χ3n) is 5.85. The number of fused-ring (bicyclic) bond motifs is 1. The summed E-state index contributed by atoms with van der Waals surface area (Å²) in [6.07, 6.45) is 2.63. The van der Waals surface area contributed by atoms with E-state index in [4.69, 9.17) is 9.84 Å². The maximum absolute atomic E-state index is 13.4. The number of nitrogens with zero attached hydrogens (tertiary/aromatic N) is 2. The number of ketones is 1. The van der Waals surface area contributed by atoms with Gasteiger partial charge in [-0.15, -0.1) is 0 Å². The summed E-state index contributed by atoms with van der Waals surface area (Å²) in [5.74, 6) is -0.994. The van der Waals surface area contributed by atoms with Gasteiger partial charge in [-0.2, -0.15) is 0 Å². The van der Waals surface area contributed by atoms with Crippen LogP contribution in [0, 0.1) is 13.8 Å². The zero-order chi connectivity index (χ0) is 23.5. The minimum atomic E-state index is -0.987. The van der Waals surface area contributed by atoms with Gasteiger partial charge in [-0.25, -0.2) is 4.79 Å². The van der Waals surface area contributed by atoms with Gasteiger partial charge < -0.3 is 14.4 Å². The average molecular weight is 443 g/mol. The lowest BCUT2D eigenvalue weighted by Gasteiger charge is -2.12. The van der Waals surface area contributed by atoms with Crippen LogP contribution in [0.25, 0.3) is 10.9 Å². The number of carbonyl (C=O) groups excluding carboxylic acids is 1. The number of aryl methyl sites for hydroxylation is 1. The molecule has 0 aliphatic heterocycles. The Morgan fingerprint density at radius 3 is 2.52 bits per heavy atom. The average Bonchev–Trinajstić information content (AvgIpc) is 3.09. The molecule has 33 heavy (non-hydrogen) atoms. The molecule has 4 aromatic rings. The highest BCUT2D eigenvalue weighted by Gasteiger charge is 2.21. The Bertz CT molecular complexity index is 1320. The Hall–Kier alpha value is -3.77. The van der Waals surface area contributed by atoms with Gasteiger partial charge in [-0.1, -0.05) is 54.1 Å². The van der Waals surface area contributed by atoms with E-state index < -0.39 is 12.1 Å². The molecule has 2 aromatic heterocycles. The standard InChI is InChI=1S/C27H26N2O4/c1-17-7-9-22(10-8-17)26(30)25-18(2)29(24-14-28-12-11-23(24)25)15-20-5-4-6-21(13-20)16-33-19(3)27(31)32/h4-14,19H,15-16H2,1-3H3,(H,31,32)/t19-/m0/s1. The third kappa shape index (κ3) is 4.71. The number of carbonyl (C=O) groups is 2. The van der Waals surface area contributed by atoms with Crippen LogP contribution in [0.1, 0.15) is 45.2 Å². The molecule has 1 atom stereocenters. The molecule has 4 rings (SSSR count). The van der Waals surface area contributed by atoms with E-state index in [1.54, 1.807) is 12.4 Å². The maximum Gasteiger partial charge on any atom is 0.332 e. The van der Waals surface area contributed by atoms with Gasteiger partial charge >= 0.3 is 5.97 Å². The second-order valence-electron chi connectivity index (χ2n) is 8.25. The first-order valence-corrected chi connectivity index (χ1v) is 10.8. The molecule has 0 radical (unpaired) electrons. The van der Waals surface area contributed by atoms with Crippen molar-refractivity contribution in [3.63, 3.8) is 0 Å². The smallest absolute Gasteiger partial charge is 0.332 e. The first kappa shape index (κ1) is 22.4. The fourth-order valence-electron chi connectivity index (χ4n) is 3.96. The molecule has 0 saturated carbocycles. The van der Waals surface area contributed by atoms with Crippen molar-refractivity contribution in [3.8, 4) is 0 Å². The fraction of sp³-hybridized carbons (Fsp3) is 0.222. The predicted molar refractivity (Wildman–Crippen MR) is 127 cm³/mol. The molecule has 0 saturated heterocycles. The molecular weight excluding hydrogens is 416 g/mol. The Morgan fingerprint density at radius 2 is 1.79 bits per heavy atom. The number of pyridine rings is 1. The lowest BCUT2D eigenvalue weighted by Crippen LogP contribution is -2.19. The maximum atomic E-state index is 13.4. The van der Waals surface area contributed by atoms with Crippen LogP contribution < -0.4 is 0 Å². The zero-order valence-electron chi connectivity index (χ0n) is 18.9. The van der Waals surface area contributed by atoms with Crippen LogP contribution >= 0.6 is 0 Å². The van der Waals surface area contributed by atoms with Crippen LogP contribution in [0.15, 0.2) is 67.0 Å². The number of benzene rings is 2. The Kier molecular flexibility index (Phi) is 6.38. The minimum absolute atomic E-state index is 0.00717. The van der Waals surface area contributed by atoms with Crippen LogP contribution in [0.4, 0.5) is 0 Å². The first-order valence-electron chi connectivity index (χ1n) is 10.8. The highest BCUT2D eigenvalue weighted by molar-refractivity contribution is 6.17. The van der Waals surface area contributed by atoms with Crippen molar-refractivity contribution in [1.29, 1.82) is 0 Å². The number of hydrogen-bond acceptors (Lipinski definition) is 4. The summed E-state index contributed by atoms with van der Waals surface area (Å²) in [7, 11) is 0. The van der Waals surface area contributed by atoms with E-state index in [2.05, 4.69) is 9.55 Å². The summed E-state index contributed by atoms with van der Waals surface area (Å²) in [6, 6.07) is 17.3. The lowest BCUT2D eigenvalue weighted by molar-refractivity contribution is -0.149. The monoisotopic (exact) mass is 442 g/mol. The van der Waals surface area contributed by atoms with E-state index in [9.17, 15) is 9.59 Å². The van der Waals surface area contributed by atoms with E-state index in [1.165, 1.54) is 6.92 Å². The molecule has 0 amide bonds. The number of carboxylic acids is 1. The Morgan fingerprint density at radius 1 is 1.06 bits per heavy atom. The van der Waals surface area contributed by atoms with Gasteiger partial charge in [-0.3, -0.25) is 9.78 Å². The lowest BCUT2D eigenvalue weighted by atomic mass is 10.00. The van der Waals surface area contributed by atoms with E-state index in [1.807, 2.05) is 68.4 Å². The second-order valence-corrected chi connectivity index (χ2v) is 8.25. The molecule has 6 heteroatoms. The Labute approximate surface area is 192 Å². The number of ether oxygens (including phenoxy) is 1. The van der Waals surface area contributed by atoms with E-state index >= 15 is 0 Å². The van der Waals surface area contributed by atoms with Gasteiger partial charge in [0, 0.05) is 29.4 Å². The van der Waals surface area contributed by atoms with Gasteiger partial charge in [-0.05, 0) is 38.0 Å². The van der Waals surface area contributed by atoms with Crippen LogP contribution in [0.5, 0.6) is 0 Å². The van der Waals surface area contributed by atoms with E-state index in [-0.39, 0.29) is 12.4 Å². The normalized spacial score (nSPS) is 12.1. The summed E-state index contributed by atoms with van der Waals surface area (Å²) in [4.78, 5) is 28.7. The quantitative estimate of drug-likeness (QED) is 0.392. The minimum Gasteiger partial charge on any atom is -0.479 e. The number of carboxylic acid groups (broad SMARTS) is 1. The number of aromatic nitrogens is 2. The largest absolute Gasteiger partial charge is 0.479 e. The molecular formula is C27H26N2O4. The molecule has 0 aliphatic rings. The SMILES string of the molecule is Cc1ccc(C(=O)c2c(C)n(Cc3cccc(CO[C@@H](C)C(=O)O)c3)c3cnccc23)cc1. The molecule has 0 spiro atoms. The molecule has 0 aliphatic carbocycles. The summed E-state index contributed by atoms with van der Waals surface area (Å²) in [5.41, 5.74) is 6.14. The van der Waals surface area contributed by atoms with Gasteiger partial charge in [0.25, 0.3) is 0 Å². The van der Waals surface area contributed by atoms with Gasteiger partial charge in [0.15, 0.2) is 11.9 Å². The number of aliphatic carboxylic acids is 1. The van der Waals surface area contributed by atoms with Gasteiger partial charge in [0.05, 0.1) is 23.9 Å². The highest BCUT2D eigenvalue weighted by atomic mass is 16.5.